The first kappa shape index (κ1) is 27.0. The van der Waals surface area contributed by atoms with Crippen LogP contribution in [0.1, 0.15) is 12.8 Å². The minimum Gasteiger partial charge on any atom is -0.481 e. The van der Waals surface area contributed by atoms with Gasteiger partial charge in [0.25, 0.3) is 0 Å². The van der Waals surface area contributed by atoms with Crippen LogP contribution in [0.2, 0.25) is 0 Å². The number of aliphatic hydroxyl groups excluding tert-OH is 1. The molecule has 0 bridgehead atoms. The Morgan fingerprint density at radius 1 is 0.966 bits per heavy atom. The average molecular weight is 455 g/mol. The van der Waals surface area contributed by atoms with Gasteiger partial charge in [-0.2, -0.15) is 24.4 Å². The predicted molar refractivity (Wildman–Crippen MR) is 108 cm³/mol. The fraction of sp³-hybridized carbons (Fsp3) is 0.667. The molecule has 0 fully saturated rings. The summed E-state index contributed by atoms with van der Waals surface area (Å²) in [5.74, 6) is -4.97. The fourth-order valence-corrected chi connectivity index (χ4v) is 2.71. The van der Waals surface area contributed by atoms with Crippen LogP contribution >= 0.6 is 24.4 Å². The number of hydrogen-bond acceptors (Lipinski definition) is 9. The van der Waals surface area contributed by atoms with Gasteiger partial charge in [0.1, 0.15) is 18.1 Å². The highest BCUT2D eigenvalue weighted by Crippen LogP contribution is 2.02. The van der Waals surface area contributed by atoms with E-state index in [0.717, 1.165) is 0 Å². The van der Waals surface area contributed by atoms with E-state index in [1.165, 1.54) is 11.8 Å². The maximum Gasteiger partial charge on any atom is 0.326 e. The second kappa shape index (κ2) is 14.0. The highest BCUT2D eigenvalue weighted by atomic mass is 32.2. The van der Waals surface area contributed by atoms with Gasteiger partial charge >= 0.3 is 11.9 Å². The third kappa shape index (κ3) is 10.3. The first-order valence-corrected chi connectivity index (χ1v) is 10.4. The Morgan fingerprint density at radius 3 is 1.93 bits per heavy atom. The molecule has 12 nitrogen and oxygen atoms in total. The van der Waals surface area contributed by atoms with Gasteiger partial charge in [-0.3, -0.25) is 19.2 Å². The van der Waals surface area contributed by atoms with E-state index in [0.29, 0.717) is 5.75 Å². The van der Waals surface area contributed by atoms with Gasteiger partial charge < -0.3 is 37.0 Å². The van der Waals surface area contributed by atoms with E-state index in [1.807, 2.05) is 0 Å². The van der Waals surface area contributed by atoms with Crippen LogP contribution in [0.3, 0.4) is 0 Å². The van der Waals surface area contributed by atoms with Gasteiger partial charge in [0.05, 0.1) is 19.1 Å². The molecule has 0 rings (SSSR count). The van der Waals surface area contributed by atoms with E-state index in [2.05, 4.69) is 28.6 Å². The standard InChI is InChI=1S/C15H26N4O8S2/c1-29-3-2-8(15(26)27)17-14(25)10(6-28)19-13(24)9(5-20)18-12(23)7(16)4-11(21)22/h7-10,20,28H,2-6,16H2,1H3,(H,17,25)(H,18,23)(H,19,24)(H,21,22)(H,26,27). The molecule has 0 radical (unpaired) electrons. The van der Waals surface area contributed by atoms with Crippen molar-refractivity contribution in [3.05, 3.63) is 0 Å². The summed E-state index contributed by atoms with van der Waals surface area (Å²) in [6, 6.07) is -5.33. The van der Waals surface area contributed by atoms with Crippen molar-refractivity contribution in [2.24, 2.45) is 5.73 Å². The van der Waals surface area contributed by atoms with Crippen LogP contribution in [-0.2, 0) is 24.0 Å². The van der Waals surface area contributed by atoms with Gasteiger partial charge in [-0.1, -0.05) is 0 Å². The molecule has 166 valence electrons. The van der Waals surface area contributed by atoms with Crippen molar-refractivity contribution in [3.63, 3.8) is 0 Å². The van der Waals surface area contributed by atoms with Crippen LogP contribution in [0.4, 0.5) is 0 Å². The van der Waals surface area contributed by atoms with E-state index < -0.39 is 66.9 Å². The zero-order valence-electron chi connectivity index (χ0n) is 15.7. The molecule has 0 aromatic carbocycles. The lowest BCUT2D eigenvalue weighted by Gasteiger charge is -2.23. The average Bonchev–Trinajstić information content (AvgIpc) is 2.65. The van der Waals surface area contributed by atoms with Crippen LogP contribution < -0.4 is 21.7 Å². The first-order chi connectivity index (χ1) is 13.6. The molecule has 0 aromatic rings. The molecule has 4 atom stereocenters. The molecule has 0 aliphatic heterocycles. The molecule has 29 heavy (non-hydrogen) atoms. The molecule has 0 aromatic heterocycles. The van der Waals surface area contributed by atoms with Gasteiger partial charge in [0.15, 0.2) is 0 Å². The number of thioether (sulfide) groups is 1. The third-order valence-corrected chi connectivity index (χ3v) is 4.60. The minimum absolute atomic E-state index is 0.173. The first-order valence-electron chi connectivity index (χ1n) is 8.39. The molecule has 0 saturated carbocycles. The maximum absolute atomic E-state index is 12.3. The Kier molecular flexibility index (Phi) is 13.0. The molecule has 8 N–H and O–H groups in total. The van der Waals surface area contributed by atoms with Crippen molar-refractivity contribution in [1.82, 2.24) is 16.0 Å². The lowest BCUT2D eigenvalue weighted by molar-refractivity contribution is -0.142. The lowest BCUT2D eigenvalue weighted by atomic mass is 10.1. The smallest absolute Gasteiger partial charge is 0.326 e. The van der Waals surface area contributed by atoms with Crippen LogP contribution in [0.25, 0.3) is 0 Å². The number of hydrogen-bond donors (Lipinski definition) is 8. The van der Waals surface area contributed by atoms with Gasteiger partial charge in [-0.05, 0) is 18.4 Å². The molecule has 0 aliphatic rings. The number of carbonyl (C=O) groups excluding carboxylic acids is 3. The van der Waals surface area contributed by atoms with Crippen LogP contribution in [0.5, 0.6) is 0 Å². The number of thiol groups is 1. The summed E-state index contributed by atoms with van der Waals surface area (Å²) in [6.07, 6.45) is 1.27. The summed E-state index contributed by atoms with van der Waals surface area (Å²) in [4.78, 5) is 58.1. The third-order valence-electron chi connectivity index (χ3n) is 3.59. The van der Waals surface area contributed by atoms with E-state index in [-0.39, 0.29) is 12.2 Å². The van der Waals surface area contributed by atoms with E-state index >= 15 is 0 Å². The highest BCUT2D eigenvalue weighted by Gasteiger charge is 2.29. The van der Waals surface area contributed by atoms with E-state index in [4.69, 9.17) is 15.9 Å². The normalized spacial score (nSPS) is 14.8. The highest BCUT2D eigenvalue weighted by molar-refractivity contribution is 7.98. The largest absolute Gasteiger partial charge is 0.481 e. The second-order valence-corrected chi connectivity index (χ2v) is 7.22. The predicted octanol–water partition coefficient (Wildman–Crippen LogP) is -3.00. The number of nitrogens with two attached hydrogens (primary N) is 1. The monoisotopic (exact) mass is 454 g/mol. The van der Waals surface area contributed by atoms with Crippen molar-refractivity contribution < 1.29 is 39.3 Å². The van der Waals surface area contributed by atoms with Crippen molar-refractivity contribution in [2.45, 2.75) is 37.0 Å². The molecule has 0 saturated heterocycles. The Morgan fingerprint density at radius 2 is 1.48 bits per heavy atom. The van der Waals surface area contributed by atoms with Crippen molar-refractivity contribution in [2.75, 3.05) is 24.4 Å². The zero-order valence-corrected chi connectivity index (χ0v) is 17.4. The molecule has 14 heteroatoms. The summed E-state index contributed by atoms with van der Waals surface area (Å²) in [5, 5.41) is 33.7. The summed E-state index contributed by atoms with van der Waals surface area (Å²) >= 11 is 5.35. The summed E-state index contributed by atoms with van der Waals surface area (Å²) in [6.45, 7) is -0.844. The van der Waals surface area contributed by atoms with Gasteiger partial charge in [0.2, 0.25) is 17.7 Å². The van der Waals surface area contributed by atoms with Gasteiger partial charge in [-0.15, -0.1) is 0 Å². The maximum atomic E-state index is 12.3. The zero-order chi connectivity index (χ0) is 22.6. The molecule has 4 unspecified atom stereocenters. The number of aliphatic carboxylic acids is 2. The van der Waals surface area contributed by atoms with Crippen LogP contribution in [0, 0.1) is 0 Å². The SMILES string of the molecule is CSCCC(NC(=O)C(CS)NC(=O)C(CO)NC(=O)C(N)CC(=O)O)C(=O)O. The number of amides is 3. The molecule has 0 heterocycles. The van der Waals surface area contributed by atoms with Crippen LogP contribution in [-0.4, -0.2) is 93.5 Å². The molecular weight excluding hydrogens is 428 g/mol. The Labute approximate surface area is 176 Å². The summed E-state index contributed by atoms with van der Waals surface area (Å²) in [7, 11) is 0. The number of carbonyl (C=O) groups is 5. The molecule has 0 aliphatic carbocycles. The Hall–Kier alpha value is -2.03. The van der Waals surface area contributed by atoms with Gasteiger partial charge in [-0.25, -0.2) is 4.79 Å². The topological polar surface area (TPSA) is 208 Å². The summed E-state index contributed by atoms with van der Waals surface area (Å²) in [5.41, 5.74) is 5.38. The number of nitrogens with one attached hydrogen (secondary N) is 3. The molecule has 3 amide bonds. The Bertz CT molecular complexity index is 607. The van der Waals surface area contributed by atoms with Gasteiger partial charge in [0, 0.05) is 5.75 Å². The molecular formula is C15H26N4O8S2. The minimum atomic E-state index is -1.50. The Balaban J connectivity index is 4.95. The van der Waals surface area contributed by atoms with Crippen molar-refractivity contribution in [3.8, 4) is 0 Å². The fourth-order valence-electron chi connectivity index (χ4n) is 1.99. The van der Waals surface area contributed by atoms with Crippen molar-refractivity contribution >= 4 is 54.1 Å². The van der Waals surface area contributed by atoms with E-state index in [9.17, 15) is 29.1 Å². The quantitative estimate of drug-likeness (QED) is 0.125. The molecule has 0 spiro atoms. The second-order valence-electron chi connectivity index (χ2n) is 5.87. The van der Waals surface area contributed by atoms with Crippen LogP contribution in [0.15, 0.2) is 0 Å². The van der Waals surface area contributed by atoms with Crippen molar-refractivity contribution in [1.29, 1.82) is 0 Å². The number of carboxylic acid groups (broad SMARTS) is 2. The number of aliphatic hydroxyl groups is 1. The number of rotatable bonds is 14. The summed E-state index contributed by atoms with van der Waals surface area (Å²) < 4.78 is 0. The van der Waals surface area contributed by atoms with E-state index in [1.54, 1.807) is 6.26 Å². The number of carboxylic acids is 2. The lowest BCUT2D eigenvalue weighted by Crippen LogP contribution is -2.58.